The molecule has 0 aliphatic rings. The zero-order valence-electron chi connectivity index (χ0n) is 7.59. The molecule has 1 nitrogen and oxygen atoms in total. The van der Waals surface area contributed by atoms with Crippen molar-refractivity contribution in [1.29, 1.82) is 0 Å². The Bertz CT molecular complexity index is 224. The smallest absolute Gasteiger partial charge is 0.0794 e. The first-order valence-electron chi connectivity index (χ1n) is 4.25. The molecular formula is C9H13Cl2NS. The topological polar surface area (TPSA) is 12.9 Å². The van der Waals surface area contributed by atoms with Gasteiger partial charge < -0.3 is 0 Å². The summed E-state index contributed by atoms with van der Waals surface area (Å²) in [6, 6.07) is 0. The van der Waals surface area contributed by atoms with E-state index >= 15 is 0 Å². The average Bonchev–Trinajstić information content (AvgIpc) is 2.67. The zero-order valence-corrected chi connectivity index (χ0v) is 9.92. The van der Waals surface area contributed by atoms with Crippen LogP contribution in [0.25, 0.3) is 0 Å². The standard InChI is InChI=1S/C9H13Cl2NS/c1-2-9(5-10,6-11)3-8-4-12-7-13-8/h4,7H,2-3,5-6H2,1H3. The molecular weight excluding hydrogens is 225 g/mol. The van der Waals surface area contributed by atoms with E-state index in [1.807, 2.05) is 11.7 Å². The molecule has 0 saturated heterocycles. The summed E-state index contributed by atoms with van der Waals surface area (Å²) in [5.41, 5.74) is 1.90. The first kappa shape index (κ1) is 11.3. The van der Waals surface area contributed by atoms with Crippen molar-refractivity contribution in [3.8, 4) is 0 Å². The third-order valence-corrected chi connectivity index (χ3v) is 4.26. The van der Waals surface area contributed by atoms with E-state index in [9.17, 15) is 0 Å². The van der Waals surface area contributed by atoms with Gasteiger partial charge in [0, 0.05) is 28.2 Å². The molecule has 0 aliphatic heterocycles. The van der Waals surface area contributed by atoms with E-state index in [-0.39, 0.29) is 5.41 Å². The number of aromatic nitrogens is 1. The van der Waals surface area contributed by atoms with Crippen molar-refractivity contribution in [2.45, 2.75) is 19.8 Å². The van der Waals surface area contributed by atoms with Crippen LogP contribution in [0.5, 0.6) is 0 Å². The summed E-state index contributed by atoms with van der Waals surface area (Å²) < 4.78 is 0. The van der Waals surface area contributed by atoms with Gasteiger partial charge in [0.15, 0.2) is 0 Å². The van der Waals surface area contributed by atoms with Crippen molar-refractivity contribution < 1.29 is 0 Å². The highest BCUT2D eigenvalue weighted by Gasteiger charge is 2.27. The molecule has 0 N–H and O–H groups in total. The van der Waals surface area contributed by atoms with E-state index in [1.165, 1.54) is 4.88 Å². The van der Waals surface area contributed by atoms with Gasteiger partial charge in [-0.1, -0.05) is 6.92 Å². The summed E-state index contributed by atoms with van der Waals surface area (Å²) in [6.45, 7) is 2.13. The van der Waals surface area contributed by atoms with Crippen LogP contribution in [0.3, 0.4) is 0 Å². The number of halogens is 2. The molecule has 74 valence electrons. The van der Waals surface area contributed by atoms with Crippen LogP contribution in [0.2, 0.25) is 0 Å². The highest BCUT2D eigenvalue weighted by atomic mass is 35.5. The third kappa shape index (κ3) is 2.83. The van der Waals surface area contributed by atoms with E-state index in [2.05, 4.69) is 11.9 Å². The summed E-state index contributed by atoms with van der Waals surface area (Å²) in [4.78, 5) is 5.31. The molecule has 0 aromatic carbocycles. The minimum Gasteiger partial charge on any atom is -0.253 e. The normalized spacial score (nSPS) is 11.9. The molecule has 0 fully saturated rings. The minimum atomic E-state index is 0.0512. The maximum atomic E-state index is 5.94. The van der Waals surface area contributed by atoms with Crippen LogP contribution in [0.4, 0.5) is 0 Å². The van der Waals surface area contributed by atoms with Crippen LogP contribution in [-0.4, -0.2) is 16.7 Å². The van der Waals surface area contributed by atoms with Crippen molar-refractivity contribution in [1.82, 2.24) is 4.98 Å². The van der Waals surface area contributed by atoms with Gasteiger partial charge in [0.2, 0.25) is 0 Å². The second-order valence-electron chi connectivity index (χ2n) is 3.27. The Kier molecular flexibility index (Phi) is 4.50. The van der Waals surface area contributed by atoms with Gasteiger partial charge in [-0.05, 0) is 12.8 Å². The van der Waals surface area contributed by atoms with E-state index in [4.69, 9.17) is 23.2 Å². The summed E-state index contributed by atoms with van der Waals surface area (Å²) in [5, 5.41) is 0. The number of rotatable bonds is 5. The monoisotopic (exact) mass is 237 g/mol. The van der Waals surface area contributed by atoms with E-state index in [0.29, 0.717) is 11.8 Å². The molecule has 1 aromatic heterocycles. The van der Waals surface area contributed by atoms with E-state index in [1.54, 1.807) is 11.3 Å². The molecule has 0 radical (unpaired) electrons. The number of hydrogen-bond donors (Lipinski definition) is 0. The highest BCUT2D eigenvalue weighted by Crippen LogP contribution is 2.31. The van der Waals surface area contributed by atoms with Crippen molar-refractivity contribution in [2.24, 2.45) is 5.41 Å². The molecule has 0 unspecified atom stereocenters. The average molecular weight is 238 g/mol. The maximum absolute atomic E-state index is 5.94. The lowest BCUT2D eigenvalue weighted by Gasteiger charge is -2.27. The number of hydrogen-bond acceptors (Lipinski definition) is 2. The van der Waals surface area contributed by atoms with Crippen molar-refractivity contribution in [3.05, 3.63) is 16.6 Å². The fourth-order valence-corrected chi connectivity index (χ4v) is 2.76. The minimum absolute atomic E-state index is 0.0512. The largest absolute Gasteiger partial charge is 0.253 e. The van der Waals surface area contributed by atoms with Crippen molar-refractivity contribution >= 4 is 34.5 Å². The Hall–Kier alpha value is 0.210. The summed E-state index contributed by atoms with van der Waals surface area (Å²) in [6.07, 6.45) is 3.85. The summed E-state index contributed by atoms with van der Waals surface area (Å²) in [5.74, 6) is 1.23. The molecule has 0 aliphatic carbocycles. The predicted molar refractivity (Wildman–Crippen MR) is 60.0 cm³/mol. The zero-order chi connectivity index (χ0) is 9.73. The van der Waals surface area contributed by atoms with E-state index < -0.39 is 0 Å². The van der Waals surface area contributed by atoms with Crippen LogP contribution >= 0.6 is 34.5 Å². The van der Waals surface area contributed by atoms with Gasteiger partial charge in [-0.3, -0.25) is 4.98 Å². The second kappa shape index (κ2) is 5.18. The molecule has 4 heteroatoms. The molecule has 0 bridgehead atoms. The Morgan fingerprint density at radius 2 is 2.15 bits per heavy atom. The first-order valence-corrected chi connectivity index (χ1v) is 6.20. The summed E-state index contributed by atoms with van der Waals surface area (Å²) in [7, 11) is 0. The fourth-order valence-electron chi connectivity index (χ4n) is 1.14. The van der Waals surface area contributed by atoms with Crippen LogP contribution in [-0.2, 0) is 6.42 Å². The molecule has 0 amide bonds. The Morgan fingerprint density at radius 1 is 1.46 bits per heavy atom. The predicted octanol–water partition coefficient (Wildman–Crippen LogP) is 3.56. The van der Waals surface area contributed by atoms with Crippen LogP contribution in [0.15, 0.2) is 11.7 Å². The van der Waals surface area contributed by atoms with E-state index in [0.717, 1.165) is 12.8 Å². The van der Waals surface area contributed by atoms with Gasteiger partial charge in [0.25, 0.3) is 0 Å². The Morgan fingerprint density at radius 3 is 2.54 bits per heavy atom. The first-order chi connectivity index (χ1) is 6.26. The molecule has 0 spiro atoms. The molecule has 0 saturated carbocycles. The van der Waals surface area contributed by atoms with Gasteiger partial charge in [-0.25, -0.2) is 0 Å². The van der Waals surface area contributed by atoms with Crippen molar-refractivity contribution in [3.63, 3.8) is 0 Å². The summed E-state index contributed by atoms with van der Waals surface area (Å²) >= 11 is 13.6. The fraction of sp³-hybridized carbons (Fsp3) is 0.667. The van der Waals surface area contributed by atoms with Gasteiger partial charge in [-0.15, -0.1) is 34.5 Å². The lowest BCUT2D eigenvalue weighted by atomic mass is 9.85. The van der Waals surface area contributed by atoms with Gasteiger partial charge in [-0.2, -0.15) is 0 Å². The second-order valence-corrected chi connectivity index (χ2v) is 4.77. The Labute approximate surface area is 93.1 Å². The number of thiazole rings is 1. The van der Waals surface area contributed by atoms with Gasteiger partial charge in [0.05, 0.1) is 5.51 Å². The highest BCUT2D eigenvalue weighted by molar-refractivity contribution is 7.09. The third-order valence-electron chi connectivity index (χ3n) is 2.35. The van der Waals surface area contributed by atoms with Crippen LogP contribution < -0.4 is 0 Å². The SMILES string of the molecule is CCC(CCl)(CCl)Cc1cncs1. The van der Waals surface area contributed by atoms with Crippen LogP contribution in [0.1, 0.15) is 18.2 Å². The molecule has 0 atom stereocenters. The number of nitrogens with zero attached hydrogens (tertiary/aromatic N) is 1. The number of alkyl halides is 2. The molecule has 1 heterocycles. The Balaban J connectivity index is 2.67. The molecule has 1 rings (SSSR count). The van der Waals surface area contributed by atoms with Gasteiger partial charge in [0.1, 0.15) is 0 Å². The molecule has 13 heavy (non-hydrogen) atoms. The lowest BCUT2D eigenvalue weighted by molar-refractivity contribution is 0.364. The maximum Gasteiger partial charge on any atom is 0.0794 e. The van der Waals surface area contributed by atoms with Crippen molar-refractivity contribution in [2.75, 3.05) is 11.8 Å². The lowest BCUT2D eigenvalue weighted by Crippen LogP contribution is -2.26. The quantitative estimate of drug-likeness (QED) is 0.715. The van der Waals surface area contributed by atoms with Crippen LogP contribution in [0, 0.1) is 5.41 Å². The van der Waals surface area contributed by atoms with Gasteiger partial charge >= 0.3 is 0 Å². The molecule has 1 aromatic rings.